The Hall–Kier alpha value is -0.880. The molecule has 1 saturated heterocycles. The zero-order chi connectivity index (χ0) is 12.5. The second kappa shape index (κ2) is 4.78. The van der Waals surface area contributed by atoms with Crippen LogP contribution in [0.2, 0.25) is 5.15 Å². The summed E-state index contributed by atoms with van der Waals surface area (Å²) in [6, 6.07) is 0. The molecule has 1 unspecified atom stereocenters. The van der Waals surface area contributed by atoms with Crippen molar-refractivity contribution in [2.45, 2.75) is 25.0 Å². The third-order valence-corrected chi connectivity index (χ3v) is 5.64. The summed E-state index contributed by atoms with van der Waals surface area (Å²) >= 11 is 5.86. The van der Waals surface area contributed by atoms with Crippen LogP contribution < -0.4 is 5.32 Å². The van der Waals surface area contributed by atoms with Gasteiger partial charge in [-0.05, 0) is 19.8 Å². The lowest BCUT2D eigenvalue weighted by atomic mass is 10.2. The van der Waals surface area contributed by atoms with Gasteiger partial charge in [0.05, 0.1) is 11.0 Å². The van der Waals surface area contributed by atoms with Crippen molar-refractivity contribution in [2.24, 2.45) is 0 Å². The summed E-state index contributed by atoms with van der Waals surface area (Å²) in [5.41, 5.74) is 0.740. The molecule has 1 fully saturated rings. The van der Waals surface area contributed by atoms with Gasteiger partial charge in [-0.15, -0.1) is 0 Å². The molecule has 2 heterocycles. The number of halogens is 1. The van der Waals surface area contributed by atoms with Gasteiger partial charge in [0.15, 0.2) is 9.84 Å². The fraction of sp³-hybridized carbons (Fsp3) is 0.600. The smallest absolute Gasteiger partial charge is 0.154 e. The highest BCUT2D eigenvalue weighted by molar-refractivity contribution is 7.92. The van der Waals surface area contributed by atoms with Crippen molar-refractivity contribution in [1.29, 1.82) is 0 Å². The lowest BCUT2D eigenvalue weighted by Gasteiger charge is -2.12. The molecular weight excluding hydrogens is 262 g/mol. The summed E-state index contributed by atoms with van der Waals surface area (Å²) in [6.07, 6.45) is 2.83. The zero-order valence-electron chi connectivity index (χ0n) is 9.48. The summed E-state index contributed by atoms with van der Waals surface area (Å²) < 4.78 is 23.3. The molecule has 0 amide bonds. The van der Waals surface area contributed by atoms with Crippen molar-refractivity contribution in [3.05, 3.63) is 17.0 Å². The number of hydrogen-bond donors (Lipinski definition) is 1. The molecule has 0 radical (unpaired) electrons. The Bertz CT molecular complexity index is 518. The molecule has 0 aliphatic carbocycles. The molecule has 0 saturated carbocycles. The quantitative estimate of drug-likeness (QED) is 0.845. The summed E-state index contributed by atoms with van der Waals surface area (Å²) in [5.74, 6) is 0.898. The van der Waals surface area contributed by atoms with Gasteiger partial charge in [0.2, 0.25) is 0 Å². The average Bonchev–Trinajstić information content (AvgIpc) is 2.60. The summed E-state index contributed by atoms with van der Waals surface area (Å²) in [5, 5.41) is 3.11. The number of aromatic nitrogens is 2. The largest absolute Gasteiger partial charge is 0.368 e. The van der Waals surface area contributed by atoms with Crippen molar-refractivity contribution >= 4 is 27.3 Å². The first-order valence-corrected chi connectivity index (χ1v) is 7.52. The van der Waals surface area contributed by atoms with Crippen LogP contribution in [0.3, 0.4) is 0 Å². The molecule has 1 aromatic heterocycles. The van der Waals surface area contributed by atoms with Crippen molar-refractivity contribution in [3.63, 3.8) is 0 Å². The van der Waals surface area contributed by atoms with Gasteiger partial charge in [0, 0.05) is 12.1 Å². The standard InChI is InChI=1S/C10H14ClN3O2S/c1-7-9(11)13-6-14-10(7)12-5-8-3-2-4-17(8,15)16/h6,8H,2-5H2,1H3,(H,12,13,14). The molecule has 0 bridgehead atoms. The zero-order valence-corrected chi connectivity index (χ0v) is 11.1. The van der Waals surface area contributed by atoms with E-state index in [4.69, 9.17) is 11.6 Å². The van der Waals surface area contributed by atoms with E-state index >= 15 is 0 Å². The Kier molecular flexibility index (Phi) is 3.53. The molecule has 17 heavy (non-hydrogen) atoms. The first-order valence-electron chi connectivity index (χ1n) is 5.43. The van der Waals surface area contributed by atoms with Crippen LogP contribution in [0, 0.1) is 6.92 Å². The van der Waals surface area contributed by atoms with E-state index in [2.05, 4.69) is 15.3 Å². The molecule has 1 aromatic rings. The third-order valence-electron chi connectivity index (χ3n) is 2.98. The summed E-state index contributed by atoms with van der Waals surface area (Å²) in [6.45, 7) is 2.18. The maximum Gasteiger partial charge on any atom is 0.154 e. The molecule has 5 nitrogen and oxygen atoms in total. The monoisotopic (exact) mass is 275 g/mol. The molecule has 1 aliphatic rings. The van der Waals surface area contributed by atoms with E-state index in [1.54, 1.807) is 6.92 Å². The Labute approximate surface area is 106 Å². The van der Waals surface area contributed by atoms with E-state index in [0.717, 1.165) is 12.0 Å². The number of sulfone groups is 1. The first-order chi connectivity index (χ1) is 8.00. The van der Waals surface area contributed by atoms with Gasteiger partial charge in [-0.2, -0.15) is 0 Å². The Morgan fingerprint density at radius 1 is 1.53 bits per heavy atom. The minimum atomic E-state index is -2.92. The van der Waals surface area contributed by atoms with E-state index in [1.165, 1.54) is 6.33 Å². The van der Waals surface area contributed by atoms with Crippen LogP contribution in [0.1, 0.15) is 18.4 Å². The van der Waals surface area contributed by atoms with Gasteiger partial charge in [-0.3, -0.25) is 0 Å². The van der Waals surface area contributed by atoms with E-state index in [-0.39, 0.29) is 5.25 Å². The van der Waals surface area contributed by atoms with Crippen LogP contribution >= 0.6 is 11.6 Å². The van der Waals surface area contributed by atoms with Crippen molar-refractivity contribution < 1.29 is 8.42 Å². The summed E-state index contributed by atoms with van der Waals surface area (Å²) in [4.78, 5) is 7.89. The highest BCUT2D eigenvalue weighted by atomic mass is 35.5. The molecular formula is C10H14ClN3O2S. The number of nitrogens with one attached hydrogen (secondary N) is 1. The molecule has 94 valence electrons. The topological polar surface area (TPSA) is 72.0 Å². The molecule has 1 atom stereocenters. The molecule has 0 aromatic carbocycles. The number of hydrogen-bond acceptors (Lipinski definition) is 5. The van der Waals surface area contributed by atoms with Crippen LogP contribution in [0.5, 0.6) is 0 Å². The summed E-state index contributed by atoms with van der Waals surface area (Å²) in [7, 11) is -2.92. The van der Waals surface area contributed by atoms with Crippen molar-refractivity contribution in [3.8, 4) is 0 Å². The highest BCUT2D eigenvalue weighted by Crippen LogP contribution is 2.22. The van der Waals surface area contributed by atoms with E-state index < -0.39 is 9.84 Å². The van der Waals surface area contributed by atoms with Crippen molar-refractivity contribution in [1.82, 2.24) is 9.97 Å². The third kappa shape index (κ3) is 2.69. The van der Waals surface area contributed by atoms with Crippen molar-refractivity contribution in [2.75, 3.05) is 17.6 Å². The predicted octanol–water partition coefficient (Wildman–Crippen LogP) is 1.43. The van der Waals surface area contributed by atoms with Crippen LogP contribution in [-0.4, -0.2) is 35.9 Å². The molecule has 7 heteroatoms. The van der Waals surface area contributed by atoms with E-state index in [9.17, 15) is 8.42 Å². The maximum atomic E-state index is 11.6. The van der Waals surface area contributed by atoms with Gasteiger partial charge in [-0.1, -0.05) is 11.6 Å². The highest BCUT2D eigenvalue weighted by Gasteiger charge is 2.31. The van der Waals surface area contributed by atoms with E-state index in [1.807, 2.05) is 0 Å². The number of nitrogens with zero attached hydrogens (tertiary/aromatic N) is 2. The van der Waals surface area contributed by atoms with Crippen LogP contribution in [0.15, 0.2) is 6.33 Å². The van der Waals surface area contributed by atoms with Gasteiger partial charge < -0.3 is 5.32 Å². The van der Waals surface area contributed by atoms with Gasteiger partial charge >= 0.3 is 0 Å². The predicted molar refractivity (Wildman–Crippen MR) is 67.1 cm³/mol. The molecule has 2 rings (SSSR count). The lowest BCUT2D eigenvalue weighted by Crippen LogP contribution is -2.25. The van der Waals surface area contributed by atoms with Gasteiger partial charge in [0.1, 0.15) is 17.3 Å². The fourth-order valence-electron chi connectivity index (χ4n) is 1.90. The Balaban J connectivity index is 2.06. The van der Waals surface area contributed by atoms with Crippen LogP contribution in [-0.2, 0) is 9.84 Å². The normalized spacial score (nSPS) is 22.6. The second-order valence-electron chi connectivity index (χ2n) is 4.15. The first kappa shape index (κ1) is 12.6. The average molecular weight is 276 g/mol. The minimum Gasteiger partial charge on any atom is -0.368 e. The molecule has 1 aliphatic heterocycles. The maximum absolute atomic E-state index is 11.6. The number of anilines is 1. The fourth-order valence-corrected chi connectivity index (χ4v) is 3.80. The lowest BCUT2D eigenvalue weighted by molar-refractivity contribution is 0.591. The van der Waals surface area contributed by atoms with Crippen LogP contribution in [0.4, 0.5) is 5.82 Å². The van der Waals surface area contributed by atoms with E-state index in [0.29, 0.717) is 29.7 Å². The minimum absolute atomic E-state index is 0.295. The molecule has 0 spiro atoms. The van der Waals surface area contributed by atoms with Crippen LogP contribution in [0.25, 0.3) is 0 Å². The Morgan fingerprint density at radius 2 is 2.29 bits per heavy atom. The number of rotatable bonds is 3. The molecule has 1 N–H and O–H groups in total. The van der Waals surface area contributed by atoms with Gasteiger partial charge in [0.25, 0.3) is 0 Å². The Morgan fingerprint density at radius 3 is 2.94 bits per heavy atom. The SMILES string of the molecule is Cc1c(Cl)ncnc1NCC1CCCS1(=O)=O. The van der Waals surface area contributed by atoms with Gasteiger partial charge in [-0.25, -0.2) is 18.4 Å². The second-order valence-corrected chi connectivity index (χ2v) is 6.91.